The maximum atomic E-state index is 9.90. The van der Waals surface area contributed by atoms with Gasteiger partial charge in [-0.2, -0.15) is 11.8 Å². The van der Waals surface area contributed by atoms with Crippen molar-refractivity contribution in [2.45, 2.75) is 32.8 Å². The maximum Gasteiger partial charge on any atom is 0.125 e. The minimum atomic E-state index is -0.463. The van der Waals surface area contributed by atoms with Crippen molar-refractivity contribution in [1.82, 2.24) is 5.32 Å². The molecule has 1 rings (SSSR count). The van der Waals surface area contributed by atoms with Crippen LogP contribution in [-0.4, -0.2) is 42.9 Å². The van der Waals surface area contributed by atoms with E-state index in [4.69, 9.17) is 4.74 Å². The highest BCUT2D eigenvalue weighted by Crippen LogP contribution is 2.22. The quantitative estimate of drug-likeness (QED) is 0.652. The average Bonchev–Trinajstić information content (AvgIpc) is 2.42. The van der Waals surface area contributed by atoms with Gasteiger partial charge < -0.3 is 15.2 Å². The van der Waals surface area contributed by atoms with E-state index >= 15 is 0 Å². The summed E-state index contributed by atoms with van der Waals surface area (Å²) in [5.74, 6) is 2.10. The highest BCUT2D eigenvalue weighted by atomic mass is 32.2. The number of aliphatic hydroxyl groups is 1. The van der Waals surface area contributed by atoms with Crippen molar-refractivity contribution >= 4 is 11.8 Å². The Hall–Kier alpha value is -0.710. The lowest BCUT2D eigenvalue weighted by Gasteiger charge is -2.16. The molecular weight excluding hydrogens is 270 g/mol. The van der Waals surface area contributed by atoms with Crippen LogP contribution >= 0.6 is 11.8 Å². The molecule has 2 N–H and O–H groups in total. The molecule has 1 aromatic carbocycles. The molecule has 1 aromatic rings. The molecule has 0 aliphatic rings. The zero-order valence-corrected chi connectivity index (χ0v) is 13.6. The second-order valence-corrected chi connectivity index (χ2v) is 6.08. The molecule has 0 aromatic heterocycles. The molecule has 1 unspecified atom stereocenters. The molecule has 0 saturated carbocycles. The Morgan fingerprint density at radius 2 is 1.95 bits per heavy atom. The van der Waals surface area contributed by atoms with E-state index in [0.29, 0.717) is 13.2 Å². The molecule has 0 aliphatic heterocycles. The fourth-order valence-electron chi connectivity index (χ4n) is 2.03. The van der Waals surface area contributed by atoms with Crippen LogP contribution in [-0.2, 0) is 0 Å². The molecule has 0 aliphatic carbocycles. The maximum absolute atomic E-state index is 9.90. The predicted octanol–water partition coefficient (Wildman–Crippen LogP) is 2.78. The molecule has 4 heteroatoms. The minimum Gasteiger partial charge on any atom is -0.490 e. The summed E-state index contributed by atoms with van der Waals surface area (Å²) in [7, 11) is 0. The van der Waals surface area contributed by atoms with Gasteiger partial charge in [-0.1, -0.05) is 18.2 Å². The van der Waals surface area contributed by atoms with Gasteiger partial charge in [-0.3, -0.25) is 0 Å². The van der Waals surface area contributed by atoms with Crippen molar-refractivity contribution in [2.75, 3.05) is 31.7 Å². The summed E-state index contributed by atoms with van der Waals surface area (Å²) in [6.45, 7) is 5.94. The number of nitrogens with one attached hydrogen (secondary N) is 1. The van der Waals surface area contributed by atoms with Gasteiger partial charge in [0.1, 0.15) is 18.5 Å². The molecule has 0 saturated heterocycles. The average molecular weight is 297 g/mol. The Morgan fingerprint density at radius 3 is 2.60 bits per heavy atom. The Morgan fingerprint density at radius 1 is 1.25 bits per heavy atom. The van der Waals surface area contributed by atoms with Crippen molar-refractivity contribution in [3.63, 3.8) is 0 Å². The van der Waals surface area contributed by atoms with Crippen molar-refractivity contribution in [3.8, 4) is 5.75 Å². The van der Waals surface area contributed by atoms with Gasteiger partial charge in [-0.05, 0) is 56.4 Å². The number of rotatable bonds is 10. The van der Waals surface area contributed by atoms with Gasteiger partial charge in [-0.15, -0.1) is 0 Å². The third-order valence-corrected chi connectivity index (χ3v) is 3.86. The van der Waals surface area contributed by atoms with E-state index in [9.17, 15) is 5.11 Å². The van der Waals surface area contributed by atoms with E-state index in [1.807, 2.05) is 43.8 Å². The summed E-state index contributed by atoms with van der Waals surface area (Å²) in [6.07, 6.45) is 4.05. The summed E-state index contributed by atoms with van der Waals surface area (Å²) >= 11 is 1.88. The molecule has 0 amide bonds. The highest BCUT2D eigenvalue weighted by Gasteiger charge is 2.08. The summed E-state index contributed by atoms with van der Waals surface area (Å²) in [6, 6.07) is 6.07. The van der Waals surface area contributed by atoms with Gasteiger partial charge in [0.05, 0.1) is 0 Å². The van der Waals surface area contributed by atoms with Gasteiger partial charge in [0, 0.05) is 6.54 Å². The number of aliphatic hydroxyl groups excluding tert-OH is 1. The van der Waals surface area contributed by atoms with Crippen molar-refractivity contribution in [2.24, 2.45) is 0 Å². The van der Waals surface area contributed by atoms with Gasteiger partial charge in [0.25, 0.3) is 0 Å². The number of ether oxygens (including phenoxy) is 1. The molecule has 0 fully saturated rings. The van der Waals surface area contributed by atoms with Crippen molar-refractivity contribution < 1.29 is 9.84 Å². The van der Waals surface area contributed by atoms with E-state index in [1.165, 1.54) is 12.2 Å². The van der Waals surface area contributed by atoms with Crippen molar-refractivity contribution in [1.29, 1.82) is 0 Å². The van der Waals surface area contributed by atoms with Crippen LogP contribution in [0.5, 0.6) is 5.75 Å². The van der Waals surface area contributed by atoms with Gasteiger partial charge in [-0.25, -0.2) is 0 Å². The molecule has 0 radical (unpaired) electrons. The molecule has 20 heavy (non-hydrogen) atoms. The molecule has 0 spiro atoms. The highest BCUT2D eigenvalue weighted by molar-refractivity contribution is 7.98. The van der Waals surface area contributed by atoms with E-state index in [-0.39, 0.29) is 0 Å². The fraction of sp³-hybridized carbons (Fsp3) is 0.625. The Labute approximate surface area is 127 Å². The fourth-order valence-corrected chi connectivity index (χ4v) is 2.52. The number of thioether (sulfide) groups is 1. The summed E-state index contributed by atoms with van der Waals surface area (Å²) in [4.78, 5) is 0. The zero-order chi connectivity index (χ0) is 14.8. The van der Waals surface area contributed by atoms with Gasteiger partial charge in [0.2, 0.25) is 0 Å². The number of aryl methyl sites for hydroxylation is 2. The number of para-hydroxylation sites is 1. The smallest absolute Gasteiger partial charge is 0.125 e. The van der Waals surface area contributed by atoms with Gasteiger partial charge in [0.15, 0.2) is 0 Å². The number of hydrogen-bond acceptors (Lipinski definition) is 4. The van der Waals surface area contributed by atoms with Crippen LogP contribution in [0.1, 0.15) is 24.0 Å². The zero-order valence-electron chi connectivity index (χ0n) is 12.8. The molecule has 1 atom stereocenters. The number of unbranched alkanes of at least 4 members (excludes halogenated alkanes) is 1. The Bertz CT molecular complexity index is 364. The normalized spacial score (nSPS) is 12.4. The third-order valence-electron chi connectivity index (χ3n) is 3.16. The largest absolute Gasteiger partial charge is 0.490 e. The van der Waals surface area contributed by atoms with Crippen LogP contribution in [0.15, 0.2) is 18.2 Å². The molecule has 0 heterocycles. The SMILES string of the molecule is CSCCCCNCC(O)COc1c(C)cccc1C. The summed E-state index contributed by atoms with van der Waals surface area (Å²) in [5, 5.41) is 13.2. The molecular formula is C16H27NO2S. The van der Waals surface area contributed by atoms with Crippen LogP contribution in [0, 0.1) is 13.8 Å². The minimum absolute atomic E-state index is 0.337. The Kier molecular flexibility index (Phi) is 8.74. The lowest BCUT2D eigenvalue weighted by Crippen LogP contribution is -2.32. The number of hydrogen-bond donors (Lipinski definition) is 2. The first kappa shape index (κ1) is 17.3. The van der Waals surface area contributed by atoms with Crippen LogP contribution < -0.4 is 10.1 Å². The predicted molar refractivity (Wildman–Crippen MR) is 87.9 cm³/mol. The summed E-state index contributed by atoms with van der Waals surface area (Å²) in [5.41, 5.74) is 2.23. The first-order valence-corrected chi connectivity index (χ1v) is 8.61. The number of benzene rings is 1. The lowest BCUT2D eigenvalue weighted by molar-refractivity contribution is 0.106. The van der Waals surface area contributed by atoms with E-state index in [1.54, 1.807) is 0 Å². The topological polar surface area (TPSA) is 41.5 Å². The van der Waals surface area contributed by atoms with Gasteiger partial charge >= 0.3 is 0 Å². The van der Waals surface area contributed by atoms with E-state index < -0.39 is 6.10 Å². The van der Waals surface area contributed by atoms with Crippen LogP contribution in [0.3, 0.4) is 0 Å². The first-order chi connectivity index (χ1) is 9.65. The first-order valence-electron chi connectivity index (χ1n) is 7.22. The van der Waals surface area contributed by atoms with Crippen LogP contribution in [0.25, 0.3) is 0 Å². The third kappa shape index (κ3) is 6.64. The summed E-state index contributed by atoms with van der Waals surface area (Å²) < 4.78 is 5.73. The Balaban J connectivity index is 2.18. The van der Waals surface area contributed by atoms with E-state index in [0.717, 1.165) is 29.8 Å². The molecule has 3 nitrogen and oxygen atoms in total. The lowest BCUT2D eigenvalue weighted by atomic mass is 10.1. The molecule has 0 bridgehead atoms. The second-order valence-electron chi connectivity index (χ2n) is 5.09. The second kappa shape index (κ2) is 10.1. The van der Waals surface area contributed by atoms with Crippen LogP contribution in [0.2, 0.25) is 0 Å². The molecule has 114 valence electrons. The monoisotopic (exact) mass is 297 g/mol. The van der Waals surface area contributed by atoms with E-state index in [2.05, 4.69) is 11.6 Å². The standard InChI is InChI=1S/C16H27NO2S/c1-13-7-6-8-14(2)16(13)19-12-15(18)11-17-9-4-5-10-20-3/h6-8,15,17-18H,4-5,9-12H2,1-3H3. The van der Waals surface area contributed by atoms with Crippen LogP contribution in [0.4, 0.5) is 0 Å². The van der Waals surface area contributed by atoms with Crippen molar-refractivity contribution in [3.05, 3.63) is 29.3 Å².